The molecule has 3 fully saturated rings. The van der Waals surface area contributed by atoms with E-state index < -0.39 is 0 Å². The quantitative estimate of drug-likeness (QED) is 0.797. The van der Waals surface area contributed by atoms with E-state index in [1.165, 1.54) is 23.3 Å². The molecule has 3 heterocycles. The van der Waals surface area contributed by atoms with Crippen LogP contribution in [-0.2, 0) is 16.1 Å². The van der Waals surface area contributed by atoms with Crippen molar-refractivity contribution in [3.05, 3.63) is 23.8 Å². The van der Waals surface area contributed by atoms with Crippen molar-refractivity contribution < 1.29 is 24.0 Å². The fourth-order valence-corrected chi connectivity index (χ4v) is 5.28. The Morgan fingerprint density at radius 1 is 1.10 bits per heavy atom. The number of hydrogen-bond acceptors (Lipinski definition) is 4. The number of carbonyl (C=O) groups is 2. The predicted octanol–water partition coefficient (Wildman–Crippen LogP) is 0.434. The molecule has 0 spiro atoms. The van der Waals surface area contributed by atoms with Crippen LogP contribution in [0.2, 0.25) is 0 Å². The molecule has 7 heteroatoms. The summed E-state index contributed by atoms with van der Waals surface area (Å²) in [5.41, 5.74) is 1.23. The Morgan fingerprint density at radius 2 is 1.86 bits per heavy atom. The summed E-state index contributed by atoms with van der Waals surface area (Å²) in [5, 5.41) is 0. The van der Waals surface area contributed by atoms with Gasteiger partial charge in [0.1, 0.15) is 6.54 Å². The van der Waals surface area contributed by atoms with Gasteiger partial charge in [-0.25, -0.2) is 0 Å². The molecule has 1 N–H and O–H groups in total. The lowest BCUT2D eigenvalue weighted by atomic mass is 10.1. The molecule has 3 aliphatic heterocycles. The highest BCUT2D eigenvalue weighted by Crippen LogP contribution is 2.32. The van der Waals surface area contributed by atoms with Crippen LogP contribution < -0.4 is 14.4 Å². The SMILES string of the molecule is O=C([C@H]1CC(=O)N(C2CCCC2)C1)N1CC[NH+](Cc2ccc3c(c2)OCO3)CC1. The van der Waals surface area contributed by atoms with Crippen molar-refractivity contribution in [1.29, 1.82) is 0 Å². The van der Waals surface area contributed by atoms with Gasteiger partial charge in [0, 0.05) is 24.6 Å². The van der Waals surface area contributed by atoms with Crippen molar-refractivity contribution in [2.75, 3.05) is 39.5 Å². The Labute approximate surface area is 171 Å². The molecular formula is C22H30N3O4+. The number of hydrogen-bond donors (Lipinski definition) is 1. The molecule has 29 heavy (non-hydrogen) atoms. The number of quaternary nitrogens is 1. The van der Waals surface area contributed by atoms with Crippen molar-refractivity contribution in [2.24, 2.45) is 5.92 Å². The average Bonchev–Trinajstić information content (AvgIpc) is 3.48. The Balaban J connectivity index is 1.13. The number of piperazine rings is 1. The zero-order chi connectivity index (χ0) is 19.8. The molecule has 1 aliphatic carbocycles. The lowest BCUT2D eigenvalue weighted by Gasteiger charge is -2.33. The number of nitrogens with zero attached hydrogens (tertiary/aromatic N) is 2. The summed E-state index contributed by atoms with van der Waals surface area (Å²) >= 11 is 0. The summed E-state index contributed by atoms with van der Waals surface area (Å²) in [5.74, 6) is 1.87. The first-order chi connectivity index (χ1) is 14.2. The predicted molar refractivity (Wildman–Crippen MR) is 106 cm³/mol. The van der Waals surface area contributed by atoms with Gasteiger partial charge < -0.3 is 24.2 Å². The largest absolute Gasteiger partial charge is 0.454 e. The van der Waals surface area contributed by atoms with Crippen LogP contribution in [0.4, 0.5) is 0 Å². The number of benzene rings is 1. The average molecular weight is 400 g/mol. The second-order valence-electron chi connectivity index (χ2n) is 8.83. The molecule has 1 aromatic carbocycles. The van der Waals surface area contributed by atoms with E-state index in [1.807, 2.05) is 15.9 Å². The van der Waals surface area contributed by atoms with Crippen molar-refractivity contribution in [3.8, 4) is 11.5 Å². The van der Waals surface area contributed by atoms with E-state index in [0.717, 1.165) is 57.1 Å². The van der Waals surface area contributed by atoms with Crippen molar-refractivity contribution in [1.82, 2.24) is 9.80 Å². The van der Waals surface area contributed by atoms with Gasteiger partial charge in [0.2, 0.25) is 18.6 Å². The zero-order valence-corrected chi connectivity index (χ0v) is 16.9. The first kappa shape index (κ1) is 18.7. The Bertz CT molecular complexity index is 784. The Morgan fingerprint density at radius 3 is 2.66 bits per heavy atom. The molecule has 156 valence electrons. The number of fused-ring (bicyclic) bond motifs is 1. The van der Waals surface area contributed by atoms with Gasteiger partial charge in [-0.2, -0.15) is 0 Å². The lowest BCUT2D eigenvalue weighted by Crippen LogP contribution is -3.13. The minimum Gasteiger partial charge on any atom is -0.454 e. The first-order valence-electron chi connectivity index (χ1n) is 11.0. The van der Waals surface area contributed by atoms with Crippen LogP contribution >= 0.6 is 0 Å². The summed E-state index contributed by atoms with van der Waals surface area (Å²) in [6, 6.07) is 6.52. The zero-order valence-electron chi connectivity index (χ0n) is 16.9. The van der Waals surface area contributed by atoms with Gasteiger partial charge in [-0.05, 0) is 31.0 Å². The molecule has 1 saturated carbocycles. The monoisotopic (exact) mass is 400 g/mol. The maximum absolute atomic E-state index is 13.0. The second-order valence-corrected chi connectivity index (χ2v) is 8.83. The highest BCUT2D eigenvalue weighted by molar-refractivity contribution is 5.89. The summed E-state index contributed by atoms with van der Waals surface area (Å²) in [6.07, 6.45) is 5.03. The smallest absolute Gasteiger partial charge is 0.231 e. The van der Waals surface area contributed by atoms with E-state index in [4.69, 9.17) is 9.47 Å². The second kappa shape index (κ2) is 7.86. The first-order valence-corrected chi connectivity index (χ1v) is 11.0. The Kier molecular flexibility index (Phi) is 5.08. The van der Waals surface area contributed by atoms with Crippen LogP contribution in [-0.4, -0.2) is 67.2 Å². The third-order valence-electron chi connectivity index (χ3n) is 6.95. The molecule has 5 rings (SSSR count). The van der Waals surface area contributed by atoms with Crippen LogP contribution in [0.1, 0.15) is 37.7 Å². The number of nitrogens with one attached hydrogen (secondary N) is 1. The Hall–Kier alpha value is -2.28. The minimum atomic E-state index is -0.140. The third-order valence-corrected chi connectivity index (χ3v) is 6.95. The van der Waals surface area contributed by atoms with Crippen molar-refractivity contribution in [3.63, 3.8) is 0 Å². The molecule has 2 saturated heterocycles. The molecule has 7 nitrogen and oxygen atoms in total. The molecule has 0 radical (unpaired) electrons. The maximum Gasteiger partial charge on any atom is 0.231 e. The van der Waals surface area contributed by atoms with Crippen LogP contribution in [0.15, 0.2) is 18.2 Å². The summed E-state index contributed by atoms with van der Waals surface area (Å²) in [6.45, 7) is 5.27. The molecule has 2 amide bonds. The number of ether oxygens (including phenoxy) is 2. The summed E-state index contributed by atoms with van der Waals surface area (Å²) in [4.78, 5) is 30.9. The van der Waals surface area contributed by atoms with Gasteiger partial charge in [0.05, 0.1) is 32.1 Å². The van der Waals surface area contributed by atoms with E-state index in [9.17, 15) is 9.59 Å². The molecule has 0 aromatic heterocycles. The van der Waals surface area contributed by atoms with E-state index in [1.54, 1.807) is 0 Å². The van der Waals surface area contributed by atoms with Gasteiger partial charge in [-0.3, -0.25) is 9.59 Å². The standard InChI is InChI=1S/C22H29N3O4/c26-21-12-17(14-25(21)18-3-1-2-4-18)22(27)24-9-7-23(8-10-24)13-16-5-6-19-20(11-16)29-15-28-19/h5-6,11,17-18H,1-4,7-10,12-15H2/p+1/t17-/m0/s1. The molecule has 1 aromatic rings. The topological polar surface area (TPSA) is 63.5 Å². The summed E-state index contributed by atoms with van der Waals surface area (Å²) in [7, 11) is 0. The number of rotatable bonds is 4. The van der Waals surface area contributed by atoms with Gasteiger partial charge >= 0.3 is 0 Å². The number of amides is 2. The molecule has 4 aliphatic rings. The van der Waals surface area contributed by atoms with Crippen molar-refractivity contribution >= 4 is 11.8 Å². The van der Waals surface area contributed by atoms with E-state index in [-0.39, 0.29) is 17.7 Å². The molecule has 0 bridgehead atoms. The van der Waals surface area contributed by atoms with Gasteiger partial charge in [0.15, 0.2) is 11.5 Å². The van der Waals surface area contributed by atoms with Crippen LogP contribution in [0, 0.1) is 5.92 Å². The number of carbonyl (C=O) groups excluding carboxylic acids is 2. The van der Waals surface area contributed by atoms with E-state index in [2.05, 4.69) is 12.1 Å². The van der Waals surface area contributed by atoms with Crippen LogP contribution in [0.5, 0.6) is 11.5 Å². The van der Waals surface area contributed by atoms with Crippen LogP contribution in [0.3, 0.4) is 0 Å². The van der Waals surface area contributed by atoms with E-state index in [0.29, 0.717) is 25.8 Å². The summed E-state index contributed by atoms with van der Waals surface area (Å²) < 4.78 is 10.9. The van der Waals surface area contributed by atoms with Gasteiger partial charge in [0.25, 0.3) is 0 Å². The highest BCUT2D eigenvalue weighted by atomic mass is 16.7. The normalized spacial score (nSPS) is 25.2. The van der Waals surface area contributed by atoms with E-state index >= 15 is 0 Å². The minimum absolute atomic E-state index is 0.140. The van der Waals surface area contributed by atoms with Gasteiger partial charge in [-0.1, -0.05) is 12.8 Å². The molecule has 1 atom stereocenters. The molecule has 0 unspecified atom stereocenters. The molecular weight excluding hydrogens is 370 g/mol. The fourth-order valence-electron chi connectivity index (χ4n) is 5.28. The highest BCUT2D eigenvalue weighted by Gasteiger charge is 2.40. The maximum atomic E-state index is 13.0. The lowest BCUT2D eigenvalue weighted by molar-refractivity contribution is -0.917. The number of likely N-dealkylation sites (tertiary alicyclic amines) is 1. The van der Waals surface area contributed by atoms with Gasteiger partial charge in [-0.15, -0.1) is 0 Å². The fraction of sp³-hybridized carbons (Fsp3) is 0.636. The van der Waals surface area contributed by atoms with Crippen molar-refractivity contribution in [2.45, 2.75) is 44.7 Å². The van der Waals surface area contributed by atoms with Crippen LogP contribution in [0.25, 0.3) is 0 Å². The third kappa shape index (κ3) is 3.80.